The van der Waals surface area contributed by atoms with Crippen molar-refractivity contribution in [1.29, 1.82) is 0 Å². The van der Waals surface area contributed by atoms with Crippen LogP contribution < -0.4 is 0 Å². The summed E-state index contributed by atoms with van der Waals surface area (Å²) in [5.74, 6) is 0.590. The van der Waals surface area contributed by atoms with E-state index in [0.29, 0.717) is 29.2 Å². The minimum absolute atomic E-state index is 0.0761. The van der Waals surface area contributed by atoms with Crippen LogP contribution in [0.15, 0.2) is 51.8 Å². The van der Waals surface area contributed by atoms with Crippen molar-refractivity contribution in [2.75, 3.05) is 0 Å². The molecule has 0 aliphatic rings. The topological polar surface area (TPSA) is 63.3 Å². The summed E-state index contributed by atoms with van der Waals surface area (Å²) < 4.78 is 44.0. The lowest BCUT2D eigenvalue weighted by atomic mass is 10.0. The first kappa shape index (κ1) is 22.0. The summed E-state index contributed by atoms with van der Waals surface area (Å²) in [5.41, 5.74) is 2.47. The highest BCUT2D eigenvalue weighted by molar-refractivity contribution is 7.98. The molecule has 30 heavy (non-hydrogen) atoms. The second-order valence-electron chi connectivity index (χ2n) is 6.87. The van der Waals surface area contributed by atoms with Crippen molar-refractivity contribution < 1.29 is 27.5 Å². The smallest absolute Gasteiger partial charge is 0.416 e. The number of oxazole rings is 1. The van der Waals surface area contributed by atoms with Gasteiger partial charge < -0.3 is 9.52 Å². The van der Waals surface area contributed by atoms with E-state index in [-0.39, 0.29) is 12.3 Å². The average molecular weight is 435 g/mol. The average Bonchev–Trinajstić information content (AvgIpc) is 3.06. The van der Waals surface area contributed by atoms with Crippen LogP contribution in [0.2, 0.25) is 0 Å². The molecule has 0 spiro atoms. The molecule has 0 bridgehead atoms. The van der Waals surface area contributed by atoms with Gasteiger partial charge in [0.25, 0.3) is 0 Å². The summed E-state index contributed by atoms with van der Waals surface area (Å²) in [6, 6.07) is 10.6. The fourth-order valence-corrected chi connectivity index (χ4v) is 3.84. The molecule has 0 amide bonds. The molecule has 3 aromatic rings. The Morgan fingerprint density at radius 1 is 1.13 bits per heavy atom. The summed E-state index contributed by atoms with van der Waals surface area (Å²) in [4.78, 5) is 16.1. The van der Waals surface area contributed by atoms with Crippen LogP contribution in [0, 0.1) is 13.8 Å². The van der Waals surface area contributed by atoms with Crippen molar-refractivity contribution in [3.05, 3.63) is 70.6 Å². The third-order valence-corrected chi connectivity index (χ3v) is 5.64. The van der Waals surface area contributed by atoms with Crippen LogP contribution in [0.5, 0.6) is 0 Å². The Morgan fingerprint density at radius 2 is 1.83 bits per heavy atom. The number of carbonyl (C=O) groups is 1. The molecule has 0 fully saturated rings. The number of thioether (sulfide) groups is 1. The molecule has 2 aromatic carbocycles. The fraction of sp³-hybridized carbons (Fsp3) is 0.273. The summed E-state index contributed by atoms with van der Waals surface area (Å²) >= 11 is 1.53. The van der Waals surface area contributed by atoms with E-state index in [1.807, 2.05) is 25.1 Å². The molecule has 0 radical (unpaired) electrons. The van der Waals surface area contributed by atoms with Gasteiger partial charge in [-0.05, 0) is 67.8 Å². The molecular formula is C22H20F3NO3S. The van der Waals surface area contributed by atoms with Crippen molar-refractivity contribution in [1.82, 2.24) is 4.98 Å². The summed E-state index contributed by atoms with van der Waals surface area (Å²) in [6.07, 6.45) is -3.84. The molecule has 0 atom stereocenters. The van der Waals surface area contributed by atoms with E-state index in [2.05, 4.69) is 4.98 Å². The molecule has 4 nitrogen and oxygen atoms in total. The number of rotatable bonds is 7. The third-order valence-electron chi connectivity index (χ3n) is 4.65. The van der Waals surface area contributed by atoms with Gasteiger partial charge in [0.2, 0.25) is 5.89 Å². The quantitative estimate of drug-likeness (QED) is 0.442. The van der Waals surface area contributed by atoms with E-state index in [1.54, 1.807) is 6.92 Å². The number of benzene rings is 2. The number of aliphatic carboxylic acids is 1. The maximum atomic E-state index is 12.7. The number of hydrogen-bond donors (Lipinski definition) is 1. The van der Waals surface area contributed by atoms with Gasteiger partial charge in [0.1, 0.15) is 5.76 Å². The lowest BCUT2D eigenvalue weighted by molar-refractivity contribution is -0.138. The van der Waals surface area contributed by atoms with Crippen molar-refractivity contribution >= 4 is 17.7 Å². The van der Waals surface area contributed by atoms with Gasteiger partial charge in [0.15, 0.2) is 0 Å². The van der Waals surface area contributed by atoms with Gasteiger partial charge in [0.05, 0.1) is 17.0 Å². The predicted molar refractivity (Wildman–Crippen MR) is 108 cm³/mol. The fourth-order valence-electron chi connectivity index (χ4n) is 2.88. The van der Waals surface area contributed by atoms with E-state index in [9.17, 15) is 18.0 Å². The Balaban J connectivity index is 1.71. The second kappa shape index (κ2) is 8.95. The van der Waals surface area contributed by atoms with Crippen molar-refractivity contribution in [2.45, 2.75) is 43.5 Å². The highest BCUT2D eigenvalue weighted by Crippen LogP contribution is 2.32. The summed E-state index contributed by atoms with van der Waals surface area (Å²) in [5, 5.41) is 8.89. The van der Waals surface area contributed by atoms with Gasteiger partial charge in [-0.2, -0.15) is 13.2 Å². The first-order valence-corrected chi connectivity index (χ1v) is 10.2. The zero-order valence-electron chi connectivity index (χ0n) is 16.4. The highest BCUT2D eigenvalue weighted by Gasteiger charge is 2.30. The van der Waals surface area contributed by atoms with Gasteiger partial charge in [-0.3, -0.25) is 4.79 Å². The first-order chi connectivity index (χ1) is 14.1. The number of aromatic nitrogens is 1. The predicted octanol–water partition coefficient (Wildman–Crippen LogP) is 6.29. The van der Waals surface area contributed by atoms with Gasteiger partial charge in [-0.15, -0.1) is 11.8 Å². The van der Waals surface area contributed by atoms with Crippen LogP contribution in [0.1, 0.15) is 34.6 Å². The first-order valence-electron chi connectivity index (χ1n) is 9.21. The number of carboxylic acid groups (broad SMARTS) is 1. The van der Waals surface area contributed by atoms with E-state index >= 15 is 0 Å². The number of aryl methyl sites for hydroxylation is 3. The van der Waals surface area contributed by atoms with Crippen LogP contribution in [0.3, 0.4) is 0 Å². The lowest BCUT2D eigenvalue weighted by Crippen LogP contribution is -2.03. The number of carboxylic acids is 1. The normalized spacial score (nSPS) is 11.6. The van der Waals surface area contributed by atoms with E-state index in [4.69, 9.17) is 9.52 Å². The number of alkyl halides is 3. The maximum Gasteiger partial charge on any atom is 0.416 e. The van der Waals surface area contributed by atoms with Crippen molar-refractivity contribution in [2.24, 2.45) is 0 Å². The minimum atomic E-state index is -4.38. The zero-order valence-corrected chi connectivity index (χ0v) is 17.2. The van der Waals surface area contributed by atoms with Gasteiger partial charge >= 0.3 is 12.1 Å². The van der Waals surface area contributed by atoms with Crippen LogP contribution in [0.25, 0.3) is 11.5 Å². The standard InChI is InChI=1S/C22H20F3NO3S/c1-13-3-9-18(11-16(13)6-10-20(27)28)30-12-19-14(2)26-21(29-19)15-4-7-17(8-5-15)22(23,24)25/h3-5,7-9,11H,6,10,12H2,1-2H3,(H,27,28). The van der Waals surface area contributed by atoms with E-state index in [1.165, 1.54) is 23.9 Å². The molecule has 0 aliphatic heterocycles. The molecule has 3 rings (SSSR count). The molecule has 158 valence electrons. The Labute approximate surface area is 176 Å². The molecule has 1 heterocycles. The molecule has 0 saturated heterocycles. The van der Waals surface area contributed by atoms with Crippen molar-refractivity contribution in [3.8, 4) is 11.5 Å². The molecule has 0 saturated carbocycles. The highest BCUT2D eigenvalue weighted by atomic mass is 32.2. The molecule has 0 aliphatic carbocycles. The van der Waals surface area contributed by atoms with Gasteiger partial charge in [-0.1, -0.05) is 6.07 Å². The van der Waals surface area contributed by atoms with Gasteiger partial charge in [-0.25, -0.2) is 4.98 Å². The largest absolute Gasteiger partial charge is 0.481 e. The minimum Gasteiger partial charge on any atom is -0.481 e. The van der Waals surface area contributed by atoms with Crippen LogP contribution in [-0.4, -0.2) is 16.1 Å². The Bertz CT molecular complexity index is 1040. The monoisotopic (exact) mass is 435 g/mol. The summed E-state index contributed by atoms with van der Waals surface area (Å²) in [7, 11) is 0. The SMILES string of the molecule is Cc1ccc(SCc2oc(-c3ccc(C(F)(F)F)cc3)nc2C)cc1CCC(=O)O. The molecule has 1 aromatic heterocycles. The Kier molecular flexibility index (Phi) is 6.55. The molecular weight excluding hydrogens is 415 g/mol. The Hall–Kier alpha value is -2.74. The van der Waals surface area contributed by atoms with E-state index in [0.717, 1.165) is 28.2 Å². The van der Waals surface area contributed by atoms with Crippen LogP contribution >= 0.6 is 11.8 Å². The van der Waals surface area contributed by atoms with Crippen molar-refractivity contribution in [3.63, 3.8) is 0 Å². The molecule has 8 heteroatoms. The molecule has 0 unspecified atom stereocenters. The number of hydrogen-bond acceptors (Lipinski definition) is 4. The summed E-state index contributed by atoms with van der Waals surface area (Å²) in [6.45, 7) is 3.74. The van der Waals surface area contributed by atoms with Crippen LogP contribution in [-0.2, 0) is 23.1 Å². The zero-order chi connectivity index (χ0) is 21.9. The number of halogens is 3. The second-order valence-corrected chi connectivity index (χ2v) is 7.92. The molecule has 1 N–H and O–H groups in total. The third kappa shape index (κ3) is 5.44. The maximum absolute atomic E-state index is 12.7. The Morgan fingerprint density at radius 3 is 2.47 bits per heavy atom. The van der Waals surface area contributed by atoms with E-state index < -0.39 is 17.7 Å². The lowest BCUT2D eigenvalue weighted by Gasteiger charge is -2.07. The number of nitrogens with zero attached hydrogens (tertiary/aromatic N) is 1. The van der Waals surface area contributed by atoms with Gasteiger partial charge in [0, 0.05) is 16.9 Å². The van der Waals surface area contributed by atoms with Crippen LogP contribution in [0.4, 0.5) is 13.2 Å².